The Bertz CT molecular complexity index is 1210. The highest BCUT2D eigenvalue weighted by atomic mass is 32.2. The molecule has 4 nitrogen and oxygen atoms in total. The van der Waals surface area contributed by atoms with Crippen LogP contribution in [-0.2, 0) is 22.9 Å². The molecule has 3 aromatic carbocycles. The highest BCUT2D eigenvalue weighted by molar-refractivity contribution is 7.84. The van der Waals surface area contributed by atoms with Crippen molar-refractivity contribution in [3.63, 3.8) is 0 Å². The Hall–Kier alpha value is -2.91. The molecule has 0 aliphatic carbocycles. The predicted molar refractivity (Wildman–Crippen MR) is 128 cm³/mol. The zero-order valence-electron chi connectivity index (χ0n) is 19.7. The minimum atomic E-state index is -3.58. The van der Waals surface area contributed by atoms with E-state index in [1.54, 1.807) is 51.1 Å². The summed E-state index contributed by atoms with van der Waals surface area (Å²) in [5.74, 6) is -2.88. The van der Waals surface area contributed by atoms with Crippen molar-refractivity contribution in [2.75, 3.05) is 0 Å². The number of benzene rings is 3. The molecular weight excluding hydrogens is 482 g/mol. The summed E-state index contributed by atoms with van der Waals surface area (Å²) in [6.45, 7) is 5.69. The molecule has 188 valence electrons. The van der Waals surface area contributed by atoms with E-state index < -0.39 is 50.5 Å². The van der Waals surface area contributed by atoms with Gasteiger partial charge in [-0.1, -0.05) is 36.4 Å². The molecule has 0 aromatic heterocycles. The highest BCUT2D eigenvalue weighted by Gasteiger charge is 2.40. The molecule has 2 atom stereocenters. The average molecular weight is 510 g/mol. The molecule has 2 N–H and O–H groups in total. The minimum Gasteiger partial charge on any atom is -0.505 e. The lowest BCUT2D eigenvalue weighted by molar-refractivity contribution is -0.159. The van der Waals surface area contributed by atoms with Gasteiger partial charge in [0.2, 0.25) is 0 Å². The molecule has 0 unspecified atom stereocenters. The van der Waals surface area contributed by atoms with Crippen LogP contribution in [0.1, 0.15) is 44.4 Å². The third-order valence-electron chi connectivity index (χ3n) is 5.24. The van der Waals surface area contributed by atoms with Gasteiger partial charge >= 0.3 is 6.11 Å². The van der Waals surface area contributed by atoms with Crippen LogP contribution in [0.25, 0.3) is 0 Å². The molecule has 0 spiro atoms. The number of aromatic hydroxyl groups is 1. The molecule has 0 saturated heterocycles. The third kappa shape index (κ3) is 6.61. The molecule has 0 amide bonds. The molecule has 0 radical (unpaired) electrons. The lowest BCUT2D eigenvalue weighted by Gasteiger charge is -2.38. The Balaban J connectivity index is 2.34. The summed E-state index contributed by atoms with van der Waals surface area (Å²) in [5, 5.41) is 9.78. The van der Waals surface area contributed by atoms with Gasteiger partial charge in [0.25, 0.3) is 0 Å². The topological polar surface area (TPSA) is 58.6 Å². The maximum atomic E-state index is 14.8. The van der Waals surface area contributed by atoms with Gasteiger partial charge in [-0.25, -0.2) is 17.7 Å². The van der Waals surface area contributed by atoms with Crippen LogP contribution in [0.3, 0.4) is 0 Å². The molecule has 3 aromatic rings. The van der Waals surface area contributed by atoms with Crippen molar-refractivity contribution in [3.8, 4) is 11.5 Å². The second-order valence-electron chi connectivity index (χ2n) is 9.30. The van der Waals surface area contributed by atoms with Gasteiger partial charge in [-0.15, -0.1) is 0 Å². The molecule has 0 saturated carbocycles. The van der Waals surface area contributed by atoms with Crippen molar-refractivity contribution in [2.24, 2.45) is 0 Å². The zero-order chi connectivity index (χ0) is 26.0. The molecule has 3 rings (SSSR count). The second kappa shape index (κ2) is 9.99. The van der Waals surface area contributed by atoms with Gasteiger partial charge in [-0.2, -0.15) is 8.78 Å². The van der Waals surface area contributed by atoms with Crippen LogP contribution in [0.2, 0.25) is 0 Å². The molecule has 0 fully saturated rings. The Morgan fingerprint density at radius 1 is 0.914 bits per heavy atom. The number of phenolic OH excluding ortho intramolecular Hbond substituents is 1. The lowest BCUT2D eigenvalue weighted by atomic mass is 9.78. The Morgan fingerprint density at radius 2 is 1.57 bits per heavy atom. The monoisotopic (exact) mass is 509 g/mol. The van der Waals surface area contributed by atoms with E-state index in [0.29, 0.717) is 12.5 Å². The first-order valence-electron chi connectivity index (χ1n) is 10.8. The number of hydrogen-bond donors (Lipinski definition) is 2. The van der Waals surface area contributed by atoms with E-state index in [9.17, 15) is 26.9 Å². The summed E-state index contributed by atoms with van der Waals surface area (Å²) < 4.78 is 76.8. The number of phenols is 1. The van der Waals surface area contributed by atoms with E-state index in [-0.39, 0.29) is 17.5 Å². The van der Waals surface area contributed by atoms with Gasteiger partial charge < -0.3 is 9.84 Å². The molecule has 35 heavy (non-hydrogen) atoms. The summed E-state index contributed by atoms with van der Waals surface area (Å²) in [6, 6.07) is 15.6. The lowest BCUT2D eigenvalue weighted by Crippen LogP contribution is -2.50. The summed E-state index contributed by atoms with van der Waals surface area (Å²) in [4.78, 5) is 0. The number of rotatable bonds is 8. The highest BCUT2D eigenvalue weighted by Crippen LogP contribution is 2.39. The van der Waals surface area contributed by atoms with E-state index in [1.807, 2.05) is 0 Å². The van der Waals surface area contributed by atoms with Crippen LogP contribution in [0, 0.1) is 11.6 Å². The summed E-state index contributed by atoms with van der Waals surface area (Å²) in [5.41, 5.74) is -0.554. The third-order valence-corrected chi connectivity index (χ3v) is 6.88. The Labute approximate surface area is 204 Å². The maximum absolute atomic E-state index is 14.8. The zero-order valence-corrected chi connectivity index (χ0v) is 20.6. The predicted octanol–water partition coefficient (Wildman–Crippen LogP) is 6.20. The quantitative estimate of drug-likeness (QED) is 0.356. The molecular formula is C26H27F4NO3S. The first-order valence-corrected chi connectivity index (χ1v) is 12.0. The Morgan fingerprint density at radius 3 is 2.14 bits per heavy atom. The smallest absolute Gasteiger partial charge is 0.394 e. The van der Waals surface area contributed by atoms with Gasteiger partial charge in [0.1, 0.15) is 11.6 Å². The van der Waals surface area contributed by atoms with Crippen LogP contribution in [0.4, 0.5) is 17.6 Å². The van der Waals surface area contributed by atoms with Gasteiger partial charge in [0.15, 0.2) is 11.6 Å². The van der Waals surface area contributed by atoms with E-state index in [1.165, 1.54) is 12.1 Å². The molecule has 0 aliphatic heterocycles. The van der Waals surface area contributed by atoms with Crippen LogP contribution in [-0.4, -0.2) is 20.2 Å². The van der Waals surface area contributed by atoms with E-state index in [4.69, 9.17) is 0 Å². The molecule has 0 aliphatic rings. The first-order chi connectivity index (χ1) is 16.2. The van der Waals surface area contributed by atoms with Crippen LogP contribution < -0.4 is 9.46 Å². The summed E-state index contributed by atoms with van der Waals surface area (Å²) in [7, 11) is -1.77. The first kappa shape index (κ1) is 26.7. The van der Waals surface area contributed by atoms with Crippen LogP contribution in [0.5, 0.6) is 11.5 Å². The number of ether oxygens (including phenoxy) is 1. The summed E-state index contributed by atoms with van der Waals surface area (Å²) in [6.07, 6.45) is -3.54. The standard InChI is InChI=1S/C26H27F4NO3S/c1-24(2,3)35(33)31-26(16-17-8-6-5-7-9-17,18-10-11-23(32)22(28)14-18)19-12-20(27)15-21(13-19)34-25(4,29)30/h5-15,31-32H,16H2,1-4H3/t26-,35-/m1/s1. The van der Waals surface area contributed by atoms with Crippen molar-refractivity contribution in [1.82, 2.24) is 4.72 Å². The number of nitrogens with one attached hydrogen (secondary N) is 1. The molecule has 9 heteroatoms. The van der Waals surface area contributed by atoms with E-state index in [2.05, 4.69) is 9.46 Å². The summed E-state index contributed by atoms with van der Waals surface area (Å²) >= 11 is 0. The van der Waals surface area contributed by atoms with Crippen LogP contribution >= 0.6 is 0 Å². The van der Waals surface area contributed by atoms with E-state index >= 15 is 0 Å². The largest absolute Gasteiger partial charge is 0.505 e. The fraction of sp³-hybridized carbons (Fsp3) is 0.308. The van der Waals surface area contributed by atoms with Gasteiger partial charge in [-0.05, 0) is 68.1 Å². The van der Waals surface area contributed by atoms with Gasteiger partial charge in [0.05, 0.1) is 21.3 Å². The van der Waals surface area contributed by atoms with Gasteiger partial charge in [0, 0.05) is 13.0 Å². The van der Waals surface area contributed by atoms with E-state index in [0.717, 1.165) is 24.3 Å². The Kier molecular flexibility index (Phi) is 7.62. The SMILES string of the molecule is CC(F)(F)Oc1cc(F)cc([C@](Cc2ccccc2)(N[S@](=O)C(C)(C)C)c2ccc(O)c(F)c2)c1. The number of halogens is 4. The molecule has 0 bridgehead atoms. The maximum Gasteiger partial charge on any atom is 0.394 e. The van der Waals surface area contributed by atoms with Crippen molar-refractivity contribution >= 4 is 11.0 Å². The van der Waals surface area contributed by atoms with Crippen molar-refractivity contribution in [2.45, 2.75) is 50.5 Å². The number of alkyl halides is 2. The average Bonchev–Trinajstić information content (AvgIpc) is 2.73. The van der Waals surface area contributed by atoms with Crippen molar-refractivity contribution in [1.29, 1.82) is 0 Å². The van der Waals surface area contributed by atoms with Crippen molar-refractivity contribution in [3.05, 3.63) is 95.1 Å². The minimum absolute atomic E-state index is 0.0469. The molecule has 0 heterocycles. The fourth-order valence-electron chi connectivity index (χ4n) is 3.59. The van der Waals surface area contributed by atoms with Gasteiger partial charge in [-0.3, -0.25) is 0 Å². The number of hydrogen-bond acceptors (Lipinski definition) is 3. The second-order valence-corrected chi connectivity index (χ2v) is 11.3. The fourth-order valence-corrected chi connectivity index (χ4v) is 4.52. The van der Waals surface area contributed by atoms with Crippen molar-refractivity contribution < 1.29 is 31.6 Å². The van der Waals surface area contributed by atoms with Crippen LogP contribution in [0.15, 0.2) is 66.7 Å². The normalized spacial score (nSPS) is 14.9.